The number of nitro groups is 2. The van der Waals surface area contributed by atoms with Crippen LogP contribution >= 0.6 is 11.6 Å². The minimum Gasteiger partial charge on any atom is -0.351 e. The van der Waals surface area contributed by atoms with E-state index in [-0.39, 0.29) is 0 Å². The lowest BCUT2D eigenvalue weighted by molar-refractivity contribution is -0.700. The molecule has 0 aromatic heterocycles. The smallest absolute Gasteiger partial charge is 0.351 e. The number of carbonyl (C=O) groups is 1. The summed E-state index contributed by atoms with van der Waals surface area (Å²) in [5.74, 6) is -3.91. The van der Waals surface area contributed by atoms with Crippen molar-refractivity contribution in [2.24, 2.45) is 0 Å². The third-order valence-electron chi connectivity index (χ3n) is 0.833. The predicted octanol–water partition coefficient (Wildman–Crippen LogP) is 0.538. The predicted molar refractivity (Wildman–Crippen MR) is 35.0 cm³/mol. The molecule has 0 aliphatic rings. The van der Waals surface area contributed by atoms with E-state index in [1.807, 2.05) is 0 Å². The van der Waals surface area contributed by atoms with Crippen molar-refractivity contribution in [2.45, 2.75) is 5.98 Å². The second-order valence-electron chi connectivity index (χ2n) is 1.78. The molecule has 0 heterocycles. The maximum atomic E-state index is 12.7. The van der Waals surface area contributed by atoms with Gasteiger partial charge in [0.25, 0.3) is 0 Å². The lowest BCUT2D eigenvalue weighted by Gasteiger charge is -2.09. The van der Waals surface area contributed by atoms with Crippen molar-refractivity contribution in [1.82, 2.24) is 0 Å². The van der Waals surface area contributed by atoms with Gasteiger partial charge in [-0.2, -0.15) is 0 Å². The second kappa shape index (κ2) is 3.94. The summed E-state index contributed by atoms with van der Waals surface area (Å²) in [5.41, 5.74) is -1.83. The molecule has 0 radical (unpaired) electrons. The van der Waals surface area contributed by atoms with Gasteiger partial charge in [-0.1, -0.05) is 0 Å². The number of hydrogen-bond donors (Lipinski definition) is 0. The van der Waals surface area contributed by atoms with Gasteiger partial charge in [0.1, 0.15) is 4.92 Å². The van der Waals surface area contributed by atoms with Gasteiger partial charge in [-0.05, 0) is 0 Å². The number of halogens is 2. The molecule has 1 unspecified atom stereocenters. The molecule has 0 saturated carbocycles. The van der Waals surface area contributed by atoms with Gasteiger partial charge in [-0.25, -0.2) is 4.79 Å². The van der Waals surface area contributed by atoms with Gasteiger partial charge >= 0.3 is 18.0 Å². The Morgan fingerprint density at radius 3 is 2.23 bits per heavy atom. The molecule has 0 bridgehead atoms. The van der Waals surface area contributed by atoms with E-state index in [1.165, 1.54) is 0 Å². The zero-order valence-electron chi connectivity index (χ0n) is 5.81. The maximum absolute atomic E-state index is 12.7. The highest BCUT2D eigenvalue weighted by Gasteiger charge is 2.54. The van der Waals surface area contributed by atoms with Crippen LogP contribution in [-0.4, -0.2) is 27.8 Å². The molecule has 0 aliphatic heterocycles. The summed E-state index contributed by atoms with van der Waals surface area (Å²) in [6, 6.07) is 0. The standard InChI is InChI=1S/C3H2ClFN2O6/c4-2(8)13-3(5,7(11)12)1-6(9)10/h1H2. The SMILES string of the molecule is O=C(Cl)OC(F)(C[N+](=O)[O-])[N+](=O)[O-]. The Morgan fingerprint density at radius 2 is 2.00 bits per heavy atom. The van der Waals surface area contributed by atoms with E-state index >= 15 is 0 Å². The highest BCUT2D eigenvalue weighted by Crippen LogP contribution is 2.16. The van der Waals surface area contributed by atoms with Gasteiger partial charge in [0, 0.05) is 16.5 Å². The van der Waals surface area contributed by atoms with Crippen LogP contribution in [-0.2, 0) is 4.74 Å². The van der Waals surface area contributed by atoms with Crippen molar-refractivity contribution >= 4 is 17.0 Å². The van der Waals surface area contributed by atoms with Crippen LogP contribution in [0.3, 0.4) is 0 Å². The van der Waals surface area contributed by atoms with Crippen molar-refractivity contribution < 1.29 is 23.8 Å². The Kier molecular flexibility index (Phi) is 3.48. The second-order valence-corrected chi connectivity index (χ2v) is 2.09. The lowest BCUT2D eigenvalue weighted by atomic mass is 10.5. The Bertz CT molecular complexity index is 240. The van der Waals surface area contributed by atoms with Crippen molar-refractivity contribution in [3.05, 3.63) is 20.2 Å². The van der Waals surface area contributed by atoms with E-state index in [0.717, 1.165) is 0 Å². The Hall–Kier alpha value is -1.51. The maximum Gasteiger partial charge on any atom is 0.588 e. The number of ether oxygens (including phenoxy) is 1. The molecule has 8 nitrogen and oxygen atoms in total. The summed E-state index contributed by atoms with van der Waals surface area (Å²) in [6.45, 7) is -1.81. The molecule has 74 valence electrons. The number of hydrogen-bond acceptors (Lipinski definition) is 6. The monoisotopic (exact) mass is 216 g/mol. The van der Waals surface area contributed by atoms with Gasteiger partial charge in [-0.15, -0.1) is 4.39 Å². The summed E-state index contributed by atoms with van der Waals surface area (Å²) in [5, 5.41) is 19.6. The van der Waals surface area contributed by atoms with E-state index in [0.29, 0.717) is 0 Å². The van der Waals surface area contributed by atoms with Crippen LogP contribution in [0.5, 0.6) is 0 Å². The number of alkyl halides is 1. The van der Waals surface area contributed by atoms with Gasteiger partial charge in [0.2, 0.25) is 0 Å². The first kappa shape index (κ1) is 11.5. The van der Waals surface area contributed by atoms with Gasteiger partial charge < -0.3 is 4.74 Å². The molecule has 0 aromatic carbocycles. The first-order valence-electron chi connectivity index (χ1n) is 2.61. The van der Waals surface area contributed by atoms with Crippen LogP contribution in [0.15, 0.2) is 0 Å². The van der Waals surface area contributed by atoms with E-state index in [9.17, 15) is 29.4 Å². The molecule has 0 amide bonds. The fraction of sp³-hybridized carbons (Fsp3) is 0.667. The van der Waals surface area contributed by atoms with Gasteiger partial charge in [-0.3, -0.25) is 20.2 Å². The summed E-state index contributed by atoms with van der Waals surface area (Å²) in [6.07, 6.45) is 0. The van der Waals surface area contributed by atoms with E-state index in [1.54, 1.807) is 0 Å². The molecule has 10 heteroatoms. The fourth-order valence-electron chi connectivity index (χ4n) is 0.409. The van der Waals surface area contributed by atoms with Crippen molar-refractivity contribution in [2.75, 3.05) is 6.54 Å². The number of carbonyl (C=O) groups excluding carboxylic acids is 1. The first-order valence-corrected chi connectivity index (χ1v) is 2.99. The van der Waals surface area contributed by atoms with Crippen LogP contribution in [0.1, 0.15) is 0 Å². The fourth-order valence-corrected chi connectivity index (χ4v) is 0.528. The number of nitrogens with zero attached hydrogens (tertiary/aromatic N) is 2. The normalized spacial score (nSPS) is 14.3. The average molecular weight is 217 g/mol. The molecule has 0 spiro atoms. The molecule has 0 aliphatic carbocycles. The van der Waals surface area contributed by atoms with Gasteiger partial charge in [0.05, 0.1) is 0 Å². The molecular weight excluding hydrogens is 214 g/mol. The Balaban J connectivity index is 4.62. The van der Waals surface area contributed by atoms with Crippen LogP contribution < -0.4 is 0 Å². The summed E-state index contributed by atoms with van der Waals surface area (Å²) < 4.78 is 16.1. The minimum atomic E-state index is -3.91. The molecule has 0 N–H and O–H groups in total. The average Bonchev–Trinajstić information content (AvgIpc) is 1.82. The van der Waals surface area contributed by atoms with E-state index < -0.39 is 27.8 Å². The topological polar surface area (TPSA) is 113 Å². The summed E-state index contributed by atoms with van der Waals surface area (Å²) in [4.78, 5) is 26.4. The highest BCUT2D eigenvalue weighted by atomic mass is 35.5. The van der Waals surface area contributed by atoms with Crippen molar-refractivity contribution in [1.29, 1.82) is 0 Å². The van der Waals surface area contributed by atoms with Gasteiger partial charge in [0.15, 0.2) is 0 Å². The van der Waals surface area contributed by atoms with E-state index in [2.05, 4.69) is 16.3 Å². The molecule has 13 heavy (non-hydrogen) atoms. The molecule has 0 saturated heterocycles. The molecular formula is C3H2ClFN2O6. The van der Waals surface area contributed by atoms with Crippen LogP contribution in [0, 0.1) is 20.2 Å². The first-order chi connectivity index (χ1) is 5.78. The number of rotatable bonds is 4. The molecule has 0 fully saturated rings. The van der Waals surface area contributed by atoms with Crippen LogP contribution in [0.4, 0.5) is 9.18 Å². The lowest BCUT2D eigenvalue weighted by Crippen LogP contribution is -2.43. The molecule has 1 atom stereocenters. The zero-order valence-corrected chi connectivity index (χ0v) is 6.56. The minimum absolute atomic E-state index is 1.34. The Labute approximate surface area is 74.5 Å². The van der Waals surface area contributed by atoms with Crippen molar-refractivity contribution in [3.8, 4) is 0 Å². The van der Waals surface area contributed by atoms with Crippen LogP contribution in [0.2, 0.25) is 0 Å². The van der Waals surface area contributed by atoms with Crippen molar-refractivity contribution in [3.63, 3.8) is 0 Å². The largest absolute Gasteiger partial charge is 0.588 e. The molecule has 0 rings (SSSR count). The Morgan fingerprint density at radius 1 is 1.54 bits per heavy atom. The summed E-state index contributed by atoms with van der Waals surface area (Å²) in [7, 11) is 0. The quantitative estimate of drug-likeness (QED) is 0.223. The van der Waals surface area contributed by atoms with E-state index in [4.69, 9.17) is 0 Å². The zero-order chi connectivity index (χ0) is 10.6. The highest BCUT2D eigenvalue weighted by molar-refractivity contribution is 6.61. The summed E-state index contributed by atoms with van der Waals surface area (Å²) >= 11 is 4.46. The van der Waals surface area contributed by atoms with Crippen LogP contribution in [0.25, 0.3) is 0 Å². The third kappa shape index (κ3) is 3.60. The third-order valence-corrected chi connectivity index (χ3v) is 0.911. The molecule has 0 aromatic rings.